The minimum atomic E-state index is -0.114. The molecular formula is C19H20ClN7O. The fourth-order valence-corrected chi connectivity index (χ4v) is 4.91. The number of hydrogen-bond donors (Lipinski definition) is 1. The number of nitrogens with one attached hydrogen (secondary N) is 1. The molecule has 5 rings (SSSR count). The summed E-state index contributed by atoms with van der Waals surface area (Å²) in [7, 11) is 0. The molecule has 0 bridgehead atoms. The van der Waals surface area contributed by atoms with Gasteiger partial charge in [0.2, 0.25) is 0 Å². The van der Waals surface area contributed by atoms with E-state index >= 15 is 0 Å². The van der Waals surface area contributed by atoms with E-state index in [1.54, 1.807) is 12.1 Å². The van der Waals surface area contributed by atoms with E-state index in [-0.39, 0.29) is 11.3 Å². The van der Waals surface area contributed by atoms with Gasteiger partial charge < -0.3 is 10.2 Å². The Morgan fingerprint density at radius 2 is 2.18 bits per heavy atom. The van der Waals surface area contributed by atoms with Crippen LogP contribution in [0.2, 0.25) is 5.02 Å². The Labute approximate surface area is 166 Å². The predicted molar refractivity (Wildman–Crippen MR) is 104 cm³/mol. The fraction of sp³-hybridized carbons (Fsp3) is 0.421. The minimum Gasteiger partial charge on any atom is -0.354 e. The smallest absolute Gasteiger partial charge is 0.252 e. The first-order valence-electron chi connectivity index (χ1n) is 9.48. The fourth-order valence-electron chi connectivity index (χ4n) is 4.68. The highest BCUT2D eigenvalue weighted by Gasteiger charge is 2.49. The number of fused-ring (bicyclic) bond motifs is 2. The van der Waals surface area contributed by atoms with Gasteiger partial charge in [-0.05, 0) is 53.5 Å². The minimum absolute atomic E-state index is 0.0637. The van der Waals surface area contributed by atoms with Crippen LogP contribution in [0.15, 0.2) is 36.4 Å². The molecule has 0 spiro atoms. The molecule has 1 saturated carbocycles. The van der Waals surface area contributed by atoms with Crippen molar-refractivity contribution in [2.75, 3.05) is 24.5 Å². The van der Waals surface area contributed by atoms with Crippen LogP contribution in [0.4, 0.5) is 5.82 Å². The zero-order valence-corrected chi connectivity index (χ0v) is 16.0. The highest BCUT2D eigenvalue weighted by molar-refractivity contribution is 6.33. The van der Waals surface area contributed by atoms with Gasteiger partial charge in [0.25, 0.3) is 5.91 Å². The molecule has 2 aliphatic rings. The van der Waals surface area contributed by atoms with Crippen LogP contribution >= 0.6 is 11.6 Å². The van der Waals surface area contributed by atoms with Gasteiger partial charge in [-0.2, -0.15) is 0 Å². The highest BCUT2D eigenvalue weighted by atomic mass is 35.5. The molecule has 1 aliphatic carbocycles. The molecule has 1 aliphatic heterocycles. The van der Waals surface area contributed by atoms with E-state index in [2.05, 4.69) is 30.8 Å². The Balaban J connectivity index is 1.33. The maximum Gasteiger partial charge on any atom is 0.252 e. The van der Waals surface area contributed by atoms with Crippen molar-refractivity contribution >= 4 is 29.0 Å². The summed E-state index contributed by atoms with van der Waals surface area (Å²) >= 11 is 6.17. The molecular weight excluding hydrogens is 378 g/mol. The number of aromatic nitrogens is 5. The number of nitrogens with zero attached hydrogens (tertiary/aromatic N) is 6. The van der Waals surface area contributed by atoms with Crippen LogP contribution in [0.1, 0.15) is 29.6 Å². The highest BCUT2D eigenvalue weighted by Crippen LogP contribution is 2.49. The van der Waals surface area contributed by atoms with Crippen LogP contribution in [0.25, 0.3) is 5.65 Å². The lowest BCUT2D eigenvalue weighted by Crippen LogP contribution is -2.41. The van der Waals surface area contributed by atoms with E-state index in [1.165, 1.54) is 17.5 Å². The van der Waals surface area contributed by atoms with Crippen LogP contribution in [-0.4, -0.2) is 50.8 Å². The number of rotatable bonds is 4. The van der Waals surface area contributed by atoms with Gasteiger partial charge in [-0.1, -0.05) is 30.2 Å². The van der Waals surface area contributed by atoms with Crippen LogP contribution in [0, 0.1) is 11.3 Å². The second-order valence-corrected chi connectivity index (χ2v) is 8.12. The average Bonchev–Trinajstić information content (AvgIpc) is 3.39. The Morgan fingerprint density at radius 3 is 3.07 bits per heavy atom. The van der Waals surface area contributed by atoms with Crippen molar-refractivity contribution < 1.29 is 4.79 Å². The number of hydrogen-bond acceptors (Lipinski definition) is 6. The summed E-state index contributed by atoms with van der Waals surface area (Å²) < 4.78 is 1.45. The summed E-state index contributed by atoms with van der Waals surface area (Å²) in [5.74, 6) is 1.29. The number of benzene rings is 1. The summed E-state index contributed by atoms with van der Waals surface area (Å²) in [6, 6.07) is 11.0. The first-order chi connectivity index (χ1) is 13.6. The van der Waals surface area contributed by atoms with Crippen molar-refractivity contribution in [1.29, 1.82) is 0 Å². The molecule has 3 heterocycles. The molecule has 2 atom stereocenters. The first-order valence-corrected chi connectivity index (χ1v) is 9.86. The molecule has 0 radical (unpaired) electrons. The molecule has 28 heavy (non-hydrogen) atoms. The molecule has 1 amide bonds. The largest absolute Gasteiger partial charge is 0.354 e. The van der Waals surface area contributed by atoms with E-state index in [0.29, 0.717) is 28.7 Å². The van der Waals surface area contributed by atoms with Crippen LogP contribution in [0.3, 0.4) is 0 Å². The monoisotopic (exact) mass is 397 g/mol. The summed E-state index contributed by atoms with van der Waals surface area (Å²) in [5, 5.41) is 19.6. The molecule has 3 aromatic rings. The molecule has 144 valence electrons. The molecule has 2 aromatic heterocycles. The molecule has 1 saturated heterocycles. The third kappa shape index (κ3) is 2.88. The summed E-state index contributed by atoms with van der Waals surface area (Å²) in [4.78, 5) is 14.9. The molecule has 9 heteroatoms. The topological polar surface area (TPSA) is 88.3 Å². The van der Waals surface area contributed by atoms with E-state index in [4.69, 9.17) is 11.6 Å². The number of carbonyl (C=O) groups excluding carboxylic acids is 1. The van der Waals surface area contributed by atoms with Gasteiger partial charge in [0, 0.05) is 25.0 Å². The van der Waals surface area contributed by atoms with Gasteiger partial charge in [0.15, 0.2) is 11.5 Å². The van der Waals surface area contributed by atoms with Crippen LogP contribution < -0.4 is 10.2 Å². The van der Waals surface area contributed by atoms with Gasteiger partial charge in [0.1, 0.15) is 0 Å². The predicted octanol–water partition coefficient (Wildman–Crippen LogP) is 2.21. The zero-order valence-electron chi connectivity index (χ0n) is 15.3. The number of anilines is 1. The normalized spacial score (nSPS) is 23.9. The molecule has 1 aromatic carbocycles. The maximum absolute atomic E-state index is 12.6. The Morgan fingerprint density at radius 1 is 1.29 bits per heavy atom. The number of amides is 1. The zero-order chi connectivity index (χ0) is 19.1. The standard InChI is InChI=1S/C19H20ClN7O/c20-15-6-2-1-5-14(15)18(28)21-11-19-9-3-4-13(19)10-26(12-19)17-8-7-16-22-24-25-27(16)23-17/h1-2,5-8,13H,3-4,9-12H2,(H,21,28)/t13-,19-/m0/s1. The second kappa shape index (κ2) is 6.70. The van der Waals surface area contributed by atoms with Crippen molar-refractivity contribution in [3.63, 3.8) is 0 Å². The van der Waals surface area contributed by atoms with Crippen LogP contribution in [0.5, 0.6) is 0 Å². The quantitative estimate of drug-likeness (QED) is 0.726. The molecule has 8 nitrogen and oxygen atoms in total. The van der Waals surface area contributed by atoms with Crippen molar-refractivity contribution in [3.8, 4) is 0 Å². The van der Waals surface area contributed by atoms with E-state index < -0.39 is 0 Å². The lowest BCUT2D eigenvalue weighted by Gasteiger charge is -2.29. The van der Waals surface area contributed by atoms with Gasteiger partial charge in [-0.3, -0.25) is 4.79 Å². The summed E-state index contributed by atoms with van der Waals surface area (Å²) in [6.45, 7) is 2.44. The maximum atomic E-state index is 12.6. The Kier molecular flexibility index (Phi) is 4.16. The lowest BCUT2D eigenvalue weighted by molar-refractivity contribution is 0.0927. The van der Waals surface area contributed by atoms with Crippen LogP contribution in [-0.2, 0) is 0 Å². The van der Waals surface area contributed by atoms with Crippen molar-refractivity contribution in [2.45, 2.75) is 19.3 Å². The van der Waals surface area contributed by atoms with Gasteiger partial charge in [-0.25, -0.2) is 0 Å². The second-order valence-electron chi connectivity index (χ2n) is 7.71. The van der Waals surface area contributed by atoms with Crippen molar-refractivity contribution in [2.24, 2.45) is 11.3 Å². The van der Waals surface area contributed by atoms with Gasteiger partial charge in [0.05, 0.1) is 10.6 Å². The number of halogens is 1. The van der Waals surface area contributed by atoms with E-state index in [1.807, 2.05) is 24.3 Å². The number of tetrazole rings is 1. The first kappa shape index (κ1) is 17.4. The molecule has 2 fully saturated rings. The molecule has 0 unspecified atom stereocenters. The van der Waals surface area contributed by atoms with Gasteiger partial charge in [-0.15, -0.1) is 14.8 Å². The third-order valence-electron chi connectivity index (χ3n) is 6.14. The number of carbonyl (C=O) groups is 1. The average molecular weight is 398 g/mol. The van der Waals surface area contributed by atoms with Crippen molar-refractivity contribution in [1.82, 2.24) is 30.6 Å². The Bertz CT molecular complexity index is 1040. The lowest BCUT2D eigenvalue weighted by atomic mass is 9.80. The van der Waals surface area contributed by atoms with E-state index in [0.717, 1.165) is 25.3 Å². The van der Waals surface area contributed by atoms with Crippen molar-refractivity contribution in [3.05, 3.63) is 47.0 Å². The van der Waals surface area contributed by atoms with Gasteiger partial charge >= 0.3 is 0 Å². The summed E-state index contributed by atoms with van der Waals surface area (Å²) in [5.41, 5.74) is 1.22. The SMILES string of the molecule is O=C(NC[C@]12CCC[C@H]1CN(c1ccc3nnnn3n1)C2)c1ccccc1Cl. The molecule has 1 N–H and O–H groups in total. The Hall–Kier alpha value is -2.74. The van der Waals surface area contributed by atoms with E-state index in [9.17, 15) is 4.79 Å². The third-order valence-corrected chi connectivity index (χ3v) is 6.47. The summed E-state index contributed by atoms with van der Waals surface area (Å²) in [6.07, 6.45) is 3.47.